The molecule has 1 aromatic heterocycles. The summed E-state index contributed by atoms with van der Waals surface area (Å²) in [6.07, 6.45) is 3.27. The van der Waals surface area contributed by atoms with E-state index < -0.39 is 0 Å². The number of carbonyl (C=O) groups is 1. The SMILES string of the molecule is CC(C)CN1CCN(c2nccnc2OC(C)C)CC1=O. The van der Waals surface area contributed by atoms with Crippen LogP contribution in [0.3, 0.4) is 0 Å². The van der Waals surface area contributed by atoms with E-state index in [9.17, 15) is 4.79 Å². The molecule has 0 atom stereocenters. The van der Waals surface area contributed by atoms with Gasteiger partial charge >= 0.3 is 0 Å². The van der Waals surface area contributed by atoms with Crippen molar-refractivity contribution in [1.29, 1.82) is 0 Å². The molecule has 2 rings (SSSR count). The molecule has 0 N–H and O–H groups in total. The van der Waals surface area contributed by atoms with Gasteiger partial charge in [0.2, 0.25) is 5.91 Å². The minimum atomic E-state index is 0.0263. The minimum Gasteiger partial charge on any atom is -0.472 e. The molecule has 1 saturated heterocycles. The summed E-state index contributed by atoms with van der Waals surface area (Å²) in [6.45, 7) is 10.8. The van der Waals surface area contributed by atoms with Crippen molar-refractivity contribution in [2.75, 3.05) is 31.1 Å². The fraction of sp³-hybridized carbons (Fsp3) is 0.667. The predicted octanol–water partition coefficient (Wildman–Crippen LogP) is 1.57. The molecule has 0 saturated carbocycles. The van der Waals surface area contributed by atoms with E-state index >= 15 is 0 Å². The van der Waals surface area contributed by atoms with E-state index in [1.165, 1.54) is 0 Å². The Balaban J connectivity index is 2.09. The van der Waals surface area contributed by atoms with E-state index in [2.05, 4.69) is 23.8 Å². The van der Waals surface area contributed by atoms with Gasteiger partial charge in [-0.1, -0.05) is 13.8 Å². The highest BCUT2D eigenvalue weighted by molar-refractivity contribution is 5.82. The standard InChI is InChI=1S/C15H24N4O2/c1-11(2)9-18-7-8-19(10-13(18)20)14-15(21-12(3)4)17-6-5-16-14/h5-6,11-12H,7-10H2,1-4H3. The molecule has 0 aliphatic carbocycles. The van der Waals surface area contributed by atoms with Crippen LogP contribution in [0.1, 0.15) is 27.7 Å². The molecule has 1 aliphatic rings. The van der Waals surface area contributed by atoms with E-state index in [1.54, 1.807) is 12.4 Å². The number of rotatable bonds is 5. The summed E-state index contributed by atoms with van der Waals surface area (Å²) in [5.74, 6) is 1.77. The van der Waals surface area contributed by atoms with Crippen LogP contribution in [-0.4, -0.2) is 53.1 Å². The predicted molar refractivity (Wildman–Crippen MR) is 81.4 cm³/mol. The Bertz CT molecular complexity index is 490. The maximum Gasteiger partial charge on any atom is 0.257 e. The zero-order chi connectivity index (χ0) is 15.4. The van der Waals surface area contributed by atoms with Gasteiger partial charge in [0, 0.05) is 32.0 Å². The second kappa shape index (κ2) is 6.74. The molecule has 0 spiro atoms. The van der Waals surface area contributed by atoms with Gasteiger partial charge < -0.3 is 14.5 Å². The maximum absolute atomic E-state index is 12.2. The second-order valence-electron chi connectivity index (χ2n) is 6.01. The molecule has 1 aromatic rings. The lowest BCUT2D eigenvalue weighted by atomic mass is 10.2. The third-order valence-corrected chi connectivity index (χ3v) is 3.20. The third-order valence-electron chi connectivity index (χ3n) is 3.20. The Morgan fingerprint density at radius 2 is 1.90 bits per heavy atom. The van der Waals surface area contributed by atoms with Gasteiger partial charge in [0.1, 0.15) is 0 Å². The molecular formula is C15H24N4O2. The van der Waals surface area contributed by atoms with E-state index in [4.69, 9.17) is 4.74 Å². The summed E-state index contributed by atoms with van der Waals surface area (Å²) >= 11 is 0. The van der Waals surface area contributed by atoms with Crippen LogP contribution in [0.4, 0.5) is 5.82 Å². The van der Waals surface area contributed by atoms with Crippen molar-refractivity contribution in [1.82, 2.24) is 14.9 Å². The number of hydrogen-bond acceptors (Lipinski definition) is 5. The Morgan fingerprint density at radius 1 is 1.19 bits per heavy atom. The van der Waals surface area contributed by atoms with Gasteiger partial charge in [-0.3, -0.25) is 4.79 Å². The van der Waals surface area contributed by atoms with Crippen LogP contribution < -0.4 is 9.64 Å². The molecule has 1 amide bonds. The monoisotopic (exact) mass is 292 g/mol. The van der Waals surface area contributed by atoms with Crippen LogP contribution in [-0.2, 0) is 4.79 Å². The largest absolute Gasteiger partial charge is 0.472 e. The highest BCUT2D eigenvalue weighted by Crippen LogP contribution is 2.25. The number of hydrogen-bond donors (Lipinski definition) is 0. The van der Waals surface area contributed by atoms with Crippen LogP contribution in [0.15, 0.2) is 12.4 Å². The Labute approximate surface area is 126 Å². The number of amides is 1. The topological polar surface area (TPSA) is 58.6 Å². The van der Waals surface area contributed by atoms with Crippen LogP contribution in [0.2, 0.25) is 0 Å². The van der Waals surface area contributed by atoms with Gasteiger partial charge in [-0.15, -0.1) is 0 Å². The molecule has 116 valence electrons. The molecule has 0 aromatic carbocycles. The van der Waals surface area contributed by atoms with Crippen molar-refractivity contribution in [2.45, 2.75) is 33.8 Å². The van der Waals surface area contributed by atoms with Gasteiger partial charge in [-0.2, -0.15) is 0 Å². The average Bonchev–Trinajstić information content (AvgIpc) is 2.41. The van der Waals surface area contributed by atoms with Crippen LogP contribution in [0.25, 0.3) is 0 Å². The van der Waals surface area contributed by atoms with Gasteiger partial charge in [0.15, 0.2) is 5.82 Å². The van der Waals surface area contributed by atoms with Crippen molar-refractivity contribution >= 4 is 11.7 Å². The molecule has 1 fully saturated rings. The molecule has 0 bridgehead atoms. The highest BCUT2D eigenvalue weighted by Gasteiger charge is 2.27. The Hall–Kier alpha value is -1.85. The van der Waals surface area contributed by atoms with Gasteiger partial charge in [-0.05, 0) is 19.8 Å². The molecular weight excluding hydrogens is 268 g/mol. The number of aromatic nitrogens is 2. The quantitative estimate of drug-likeness (QED) is 0.824. The van der Waals surface area contributed by atoms with Crippen LogP contribution >= 0.6 is 0 Å². The van der Waals surface area contributed by atoms with E-state index in [-0.39, 0.29) is 12.0 Å². The fourth-order valence-corrected chi connectivity index (χ4v) is 2.36. The summed E-state index contributed by atoms with van der Waals surface area (Å²) in [4.78, 5) is 24.7. The lowest BCUT2D eigenvalue weighted by molar-refractivity contribution is -0.131. The summed E-state index contributed by atoms with van der Waals surface area (Å²) in [7, 11) is 0. The number of carbonyl (C=O) groups excluding carboxylic acids is 1. The lowest BCUT2D eigenvalue weighted by Gasteiger charge is -2.36. The van der Waals surface area contributed by atoms with Crippen molar-refractivity contribution in [3.63, 3.8) is 0 Å². The molecule has 6 nitrogen and oxygen atoms in total. The lowest BCUT2D eigenvalue weighted by Crippen LogP contribution is -2.51. The van der Waals surface area contributed by atoms with Crippen LogP contribution in [0.5, 0.6) is 5.88 Å². The van der Waals surface area contributed by atoms with Gasteiger partial charge in [0.05, 0.1) is 12.6 Å². The second-order valence-corrected chi connectivity index (χ2v) is 6.01. The zero-order valence-electron chi connectivity index (χ0n) is 13.2. The van der Waals surface area contributed by atoms with Crippen LogP contribution in [0, 0.1) is 5.92 Å². The molecule has 1 aliphatic heterocycles. The molecule has 21 heavy (non-hydrogen) atoms. The molecule has 0 radical (unpaired) electrons. The fourth-order valence-electron chi connectivity index (χ4n) is 2.36. The molecule has 6 heteroatoms. The average molecular weight is 292 g/mol. The first-order valence-electron chi connectivity index (χ1n) is 7.47. The number of piperazine rings is 1. The van der Waals surface area contributed by atoms with Crippen molar-refractivity contribution < 1.29 is 9.53 Å². The summed E-state index contributed by atoms with van der Waals surface area (Å²) in [5, 5.41) is 0. The highest BCUT2D eigenvalue weighted by atomic mass is 16.5. The van der Waals surface area contributed by atoms with Crippen molar-refractivity contribution in [3.05, 3.63) is 12.4 Å². The van der Waals surface area contributed by atoms with Gasteiger partial charge in [-0.25, -0.2) is 9.97 Å². The summed E-state index contributed by atoms with van der Waals surface area (Å²) in [6, 6.07) is 0. The Kier molecular flexibility index (Phi) is 4.98. The third kappa shape index (κ3) is 4.06. The van der Waals surface area contributed by atoms with E-state index in [1.807, 2.05) is 23.6 Å². The first-order chi connectivity index (χ1) is 9.97. The number of anilines is 1. The molecule has 0 unspecified atom stereocenters. The molecule has 2 heterocycles. The van der Waals surface area contributed by atoms with Crippen molar-refractivity contribution in [2.24, 2.45) is 5.92 Å². The Morgan fingerprint density at radius 3 is 2.52 bits per heavy atom. The zero-order valence-corrected chi connectivity index (χ0v) is 13.2. The number of nitrogens with zero attached hydrogens (tertiary/aromatic N) is 4. The first kappa shape index (κ1) is 15.5. The van der Waals surface area contributed by atoms with Gasteiger partial charge in [0.25, 0.3) is 5.88 Å². The minimum absolute atomic E-state index is 0.0263. The number of ether oxygens (including phenoxy) is 1. The van der Waals surface area contributed by atoms with Crippen molar-refractivity contribution in [3.8, 4) is 5.88 Å². The summed E-state index contributed by atoms with van der Waals surface area (Å²) in [5.41, 5.74) is 0. The van der Waals surface area contributed by atoms with E-state index in [0.717, 1.165) is 13.1 Å². The first-order valence-corrected chi connectivity index (χ1v) is 7.47. The van der Waals surface area contributed by atoms with E-state index in [0.29, 0.717) is 30.7 Å². The summed E-state index contributed by atoms with van der Waals surface area (Å²) < 4.78 is 5.69. The smallest absolute Gasteiger partial charge is 0.257 e. The normalized spacial score (nSPS) is 16.0. The maximum atomic E-state index is 12.2.